The molecule has 0 radical (unpaired) electrons. The number of ether oxygens (including phenoxy) is 1. The molecule has 144 valence electrons. The summed E-state index contributed by atoms with van der Waals surface area (Å²) in [4.78, 5) is 11.7. The van der Waals surface area contributed by atoms with Crippen LogP contribution in [-0.2, 0) is 4.79 Å². The summed E-state index contributed by atoms with van der Waals surface area (Å²) in [6.45, 7) is 0.465. The molecule has 0 aromatic heterocycles. The summed E-state index contributed by atoms with van der Waals surface area (Å²) in [7, 11) is 0. The fraction of sp³-hybridized carbons (Fsp3) is 0.350. The van der Waals surface area contributed by atoms with Gasteiger partial charge in [0.05, 0.1) is 3.57 Å². The van der Waals surface area contributed by atoms with Crippen LogP contribution >= 0.6 is 22.6 Å². The number of rotatable bonds is 6. The lowest BCUT2D eigenvalue weighted by Gasteiger charge is -2.34. The second-order valence-electron chi connectivity index (χ2n) is 6.64. The van der Waals surface area contributed by atoms with E-state index in [1.54, 1.807) is 12.2 Å². The Hall–Kier alpha value is -1.71. The molecule has 3 rings (SSSR count). The van der Waals surface area contributed by atoms with Crippen LogP contribution in [0.5, 0.6) is 5.75 Å². The highest BCUT2D eigenvalue weighted by Crippen LogP contribution is 2.27. The van der Waals surface area contributed by atoms with E-state index in [1.165, 1.54) is 6.08 Å². The number of nitrogens with two attached hydrogens (primary N) is 1. The van der Waals surface area contributed by atoms with Gasteiger partial charge in [-0.2, -0.15) is 0 Å². The van der Waals surface area contributed by atoms with Gasteiger partial charge in [0.2, 0.25) is 5.91 Å². The SMILES string of the molecule is NC(=O)C1=C[C@H](Oc2ccccc2I)[C@@H](O)[C@H](NCC2=CCC(F)C=C2)C1. The third kappa shape index (κ3) is 5.18. The first kappa shape index (κ1) is 20.0. The Morgan fingerprint density at radius 3 is 2.85 bits per heavy atom. The average molecular weight is 484 g/mol. The molecule has 0 heterocycles. The molecule has 2 aliphatic carbocycles. The lowest BCUT2D eigenvalue weighted by molar-refractivity contribution is -0.115. The fourth-order valence-electron chi connectivity index (χ4n) is 3.14. The van der Waals surface area contributed by atoms with Gasteiger partial charge in [-0.1, -0.05) is 30.4 Å². The lowest BCUT2D eigenvalue weighted by Crippen LogP contribution is -2.51. The average Bonchev–Trinajstić information content (AvgIpc) is 2.65. The minimum absolute atomic E-state index is 0.310. The van der Waals surface area contributed by atoms with Crippen molar-refractivity contribution in [3.63, 3.8) is 0 Å². The van der Waals surface area contributed by atoms with E-state index in [0.717, 1.165) is 9.14 Å². The highest BCUT2D eigenvalue weighted by Gasteiger charge is 2.35. The Labute approximate surface area is 171 Å². The van der Waals surface area contributed by atoms with Gasteiger partial charge >= 0.3 is 0 Å². The normalized spacial score (nSPS) is 27.7. The number of alkyl halides is 1. The van der Waals surface area contributed by atoms with Crippen molar-refractivity contribution in [1.82, 2.24) is 5.32 Å². The van der Waals surface area contributed by atoms with Gasteiger partial charge in [-0.15, -0.1) is 0 Å². The molecule has 0 aliphatic heterocycles. The molecule has 7 heteroatoms. The summed E-state index contributed by atoms with van der Waals surface area (Å²) in [5.74, 6) is 0.108. The van der Waals surface area contributed by atoms with E-state index in [2.05, 4.69) is 27.9 Å². The van der Waals surface area contributed by atoms with E-state index in [9.17, 15) is 14.3 Å². The monoisotopic (exact) mass is 484 g/mol. The predicted molar refractivity (Wildman–Crippen MR) is 110 cm³/mol. The Morgan fingerprint density at radius 2 is 2.19 bits per heavy atom. The van der Waals surface area contributed by atoms with Crippen molar-refractivity contribution in [2.24, 2.45) is 5.73 Å². The van der Waals surface area contributed by atoms with Gasteiger partial charge < -0.3 is 20.9 Å². The van der Waals surface area contributed by atoms with Crippen LogP contribution in [0.2, 0.25) is 0 Å². The van der Waals surface area contributed by atoms with Crippen LogP contribution in [-0.4, -0.2) is 42.0 Å². The number of amides is 1. The zero-order valence-electron chi connectivity index (χ0n) is 14.6. The van der Waals surface area contributed by atoms with Crippen LogP contribution in [0.15, 0.2) is 59.7 Å². The largest absolute Gasteiger partial charge is 0.482 e. The van der Waals surface area contributed by atoms with Crippen LogP contribution in [0, 0.1) is 3.57 Å². The summed E-state index contributed by atoms with van der Waals surface area (Å²) in [5.41, 5.74) is 6.84. The lowest BCUT2D eigenvalue weighted by atomic mass is 9.89. The second kappa shape index (κ2) is 8.99. The summed E-state index contributed by atoms with van der Waals surface area (Å²) in [6.07, 6.45) is 4.86. The molecule has 27 heavy (non-hydrogen) atoms. The summed E-state index contributed by atoms with van der Waals surface area (Å²) >= 11 is 2.15. The number of para-hydroxylation sites is 1. The van der Waals surface area contributed by atoms with Crippen molar-refractivity contribution in [3.05, 3.63) is 63.3 Å². The highest BCUT2D eigenvalue weighted by atomic mass is 127. The van der Waals surface area contributed by atoms with Crippen LogP contribution in [0.25, 0.3) is 0 Å². The van der Waals surface area contributed by atoms with Crippen molar-refractivity contribution in [2.75, 3.05) is 6.54 Å². The molecular weight excluding hydrogens is 462 g/mol. The number of primary amides is 1. The molecule has 4 atom stereocenters. The van der Waals surface area contributed by atoms with E-state index >= 15 is 0 Å². The van der Waals surface area contributed by atoms with E-state index in [4.69, 9.17) is 10.5 Å². The second-order valence-corrected chi connectivity index (χ2v) is 7.80. The van der Waals surface area contributed by atoms with E-state index in [1.807, 2.05) is 30.3 Å². The molecule has 5 nitrogen and oxygen atoms in total. The topological polar surface area (TPSA) is 84.6 Å². The van der Waals surface area contributed by atoms with Crippen molar-refractivity contribution in [3.8, 4) is 5.75 Å². The summed E-state index contributed by atoms with van der Waals surface area (Å²) in [6, 6.07) is 7.06. The minimum atomic E-state index is -0.940. The number of allylic oxidation sites excluding steroid dienone is 2. The quantitative estimate of drug-likeness (QED) is 0.542. The molecule has 0 bridgehead atoms. The highest BCUT2D eigenvalue weighted by molar-refractivity contribution is 14.1. The van der Waals surface area contributed by atoms with Crippen molar-refractivity contribution in [1.29, 1.82) is 0 Å². The zero-order valence-corrected chi connectivity index (χ0v) is 16.8. The first-order valence-electron chi connectivity index (χ1n) is 8.78. The number of aliphatic hydroxyl groups is 1. The van der Waals surface area contributed by atoms with Gasteiger partial charge in [0.25, 0.3) is 0 Å². The van der Waals surface area contributed by atoms with Gasteiger partial charge in [-0.25, -0.2) is 4.39 Å². The molecule has 0 fully saturated rings. The molecule has 0 spiro atoms. The third-order valence-electron chi connectivity index (χ3n) is 4.66. The van der Waals surface area contributed by atoms with E-state index < -0.39 is 30.3 Å². The van der Waals surface area contributed by atoms with Gasteiger partial charge in [-0.05, 0) is 52.8 Å². The van der Waals surface area contributed by atoms with Gasteiger partial charge in [0.15, 0.2) is 0 Å². The Kier molecular flexibility index (Phi) is 6.67. The molecule has 4 N–H and O–H groups in total. The van der Waals surface area contributed by atoms with Crippen LogP contribution in [0.1, 0.15) is 12.8 Å². The zero-order chi connectivity index (χ0) is 19.4. The van der Waals surface area contributed by atoms with E-state index in [0.29, 0.717) is 30.7 Å². The maximum atomic E-state index is 13.2. The van der Waals surface area contributed by atoms with Crippen LogP contribution in [0.4, 0.5) is 4.39 Å². The van der Waals surface area contributed by atoms with Gasteiger partial charge in [-0.3, -0.25) is 4.79 Å². The van der Waals surface area contributed by atoms with Crippen molar-refractivity contribution < 1.29 is 19.0 Å². The first-order valence-corrected chi connectivity index (χ1v) is 9.86. The number of hydrogen-bond acceptors (Lipinski definition) is 4. The Morgan fingerprint density at radius 1 is 1.41 bits per heavy atom. The molecule has 0 saturated carbocycles. The predicted octanol–water partition coefficient (Wildman–Crippen LogP) is 2.40. The first-order chi connectivity index (χ1) is 12.9. The van der Waals surface area contributed by atoms with Crippen molar-refractivity contribution in [2.45, 2.75) is 37.3 Å². The number of halogens is 2. The smallest absolute Gasteiger partial charge is 0.244 e. The van der Waals surface area contributed by atoms with Crippen LogP contribution in [0.3, 0.4) is 0 Å². The van der Waals surface area contributed by atoms with Crippen molar-refractivity contribution >= 4 is 28.5 Å². The van der Waals surface area contributed by atoms with Crippen LogP contribution < -0.4 is 15.8 Å². The standard InChI is InChI=1S/C20H22FIN2O3/c21-14-7-5-12(6-8-14)11-24-16-9-13(20(23)26)10-18(19(16)25)27-17-4-2-1-3-15(17)22/h1-7,10,14,16,18-19,24-25H,8-9,11H2,(H2,23,26)/t14?,16-,18+,19+/m1/s1. The maximum Gasteiger partial charge on any atom is 0.244 e. The fourth-order valence-corrected chi connectivity index (χ4v) is 3.65. The maximum absolute atomic E-state index is 13.2. The number of carbonyl (C=O) groups is 1. The molecule has 1 aromatic rings. The number of benzene rings is 1. The van der Waals surface area contributed by atoms with Gasteiger partial charge in [0, 0.05) is 24.6 Å². The minimum Gasteiger partial charge on any atom is -0.482 e. The summed E-state index contributed by atoms with van der Waals surface area (Å²) in [5, 5.41) is 14.0. The Balaban J connectivity index is 1.72. The number of carbonyl (C=O) groups excluding carboxylic acids is 1. The number of aliphatic hydroxyl groups excluding tert-OH is 1. The molecule has 1 amide bonds. The molecule has 2 aliphatic rings. The molecular formula is C20H22FIN2O3. The van der Waals surface area contributed by atoms with E-state index in [-0.39, 0.29) is 0 Å². The number of hydrogen-bond donors (Lipinski definition) is 3. The van der Waals surface area contributed by atoms with Gasteiger partial charge in [0.1, 0.15) is 24.1 Å². The Bertz CT molecular complexity index is 793. The molecule has 1 aromatic carbocycles. The summed E-state index contributed by atoms with van der Waals surface area (Å²) < 4.78 is 20.0. The third-order valence-corrected chi connectivity index (χ3v) is 5.55. The number of nitrogens with one attached hydrogen (secondary N) is 1. The molecule has 0 saturated heterocycles. The molecule has 1 unspecified atom stereocenters.